The molecule has 2 N–H and O–H groups in total. The highest BCUT2D eigenvalue weighted by molar-refractivity contribution is 6.30. The Labute approximate surface area is 137 Å². The van der Waals surface area contributed by atoms with Gasteiger partial charge in [-0.2, -0.15) is 13.2 Å². The molecule has 0 unspecified atom stereocenters. The topological polar surface area (TPSA) is 38.9 Å². The number of hydrogen-bond donors (Lipinski definition) is 1. The molecule has 7 heteroatoms. The molecule has 0 radical (unpaired) electrons. The molecule has 1 aromatic heterocycles. The van der Waals surface area contributed by atoms with Gasteiger partial charge in [0.15, 0.2) is 0 Å². The smallest absolute Gasteiger partial charge is 0.319 e. The van der Waals surface area contributed by atoms with Crippen molar-refractivity contribution < 1.29 is 17.6 Å². The molecule has 0 amide bonds. The van der Waals surface area contributed by atoms with E-state index in [0.717, 1.165) is 12.1 Å². The molecule has 126 valence electrons. The SMILES string of the molecule is CCC.N[C@@H](c1cc(F)cc(C(F)(F)F)c1)c1ccc(Cl)cn1. The summed E-state index contributed by atoms with van der Waals surface area (Å²) in [5.74, 6) is -1.00. The van der Waals surface area contributed by atoms with Crippen LogP contribution in [0.15, 0.2) is 36.5 Å². The molecule has 0 aliphatic carbocycles. The van der Waals surface area contributed by atoms with Crippen LogP contribution in [0.3, 0.4) is 0 Å². The number of halogens is 5. The monoisotopic (exact) mass is 348 g/mol. The highest BCUT2D eigenvalue weighted by Crippen LogP contribution is 2.32. The zero-order valence-electron chi connectivity index (χ0n) is 12.7. The van der Waals surface area contributed by atoms with Gasteiger partial charge in [-0.15, -0.1) is 0 Å². The largest absolute Gasteiger partial charge is 0.416 e. The van der Waals surface area contributed by atoms with Gasteiger partial charge in [0, 0.05) is 6.20 Å². The minimum Gasteiger partial charge on any atom is -0.319 e. The lowest BCUT2D eigenvalue weighted by atomic mass is 10.0. The molecule has 0 aliphatic heterocycles. The van der Waals surface area contributed by atoms with E-state index in [1.807, 2.05) is 0 Å². The molecular formula is C16H17ClF4N2. The molecule has 23 heavy (non-hydrogen) atoms. The average molecular weight is 349 g/mol. The maximum absolute atomic E-state index is 13.3. The molecule has 0 aliphatic rings. The summed E-state index contributed by atoms with van der Waals surface area (Å²) >= 11 is 5.66. The predicted molar refractivity (Wildman–Crippen MR) is 82.6 cm³/mol. The molecule has 0 saturated carbocycles. The molecule has 0 saturated heterocycles. The number of nitrogens with two attached hydrogens (primary N) is 1. The van der Waals surface area contributed by atoms with Crippen LogP contribution < -0.4 is 5.73 Å². The minimum atomic E-state index is -4.63. The van der Waals surface area contributed by atoms with Crippen LogP contribution in [0.4, 0.5) is 17.6 Å². The second kappa shape index (κ2) is 8.26. The molecule has 2 rings (SSSR count). The Hall–Kier alpha value is -1.66. The Balaban J connectivity index is 0.000000816. The summed E-state index contributed by atoms with van der Waals surface area (Å²) in [6, 6.07) is 4.20. The van der Waals surface area contributed by atoms with Crippen LogP contribution in [-0.4, -0.2) is 4.98 Å². The Bertz CT molecular complexity index is 627. The van der Waals surface area contributed by atoms with Gasteiger partial charge in [0.1, 0.15) is 5.82 Å². The highest BCUT2D eigenvalue weighted by Gasteiger charge is 2.32. The van der Waals surface area contributed by atoms with E-state index in [9.17, 15) is 17.6 Å². The second-order valence-electron chi connectivity index (χ2n) is 4.86. The first-order valence-electron chi connectivity index (χ1n) is 6.93. The zero-order valence-corrected chi connectivity index (χ0v) is 13.4. The number of alkyl halides is 3. The third-order valence-electron chi connectivity index (χ3n) is 2.68. The summed E-state index contributed by atoms with van der Waals surface area (Å²) in [5.41, 5.74) is 5.01. The number of rotatable bonds is 2. The molecule has 1 heterocycles. The van der Waals surface area contributed by atoms with Crippen LogP contribution in [0.1, 0.15) is 43.1 Å². The summed E-state index contributed by atoms with van der Waals surface area (Å²) in [5, 5.41) is 0.371. The average Bonchev–Trinajstić information content (AvgIpc) is 2.46. The molecule has 2 nitrogen and oxygen atoms in total. The molecule has 0 fully saturated rings. The number of benzene rings is 1. The Kier molecular flexibility index (Phi) is 6.97. The van der Waals surface area contributed by atoms with Crippen molar-refractivity contribution in [2.24, 2.45) is 5.73 Å². The van der Waals surface area contributed by atoms with Crippen LogP contribution in [0.2, 0.25) is 5.02 Å². The summed E-state index contributed by atoms with van der Waals surface area (Å²) in [7, 11) is 0. The summed E-state index contributed by atoms with van der Waals surface area (Å²) < 4.78 is 51.2. The van der Waals surface area contributed by atoms with Crippen LogP contribution >= 0.6 is 11.6 Å². The van der Waals surface area contributed by atoms with Crippen molar-refractivity contribution in [2.45, 2.75) is 32.5 Å². The third-order valence-corrected chi connectivity index (χ3v) is 2.90. The summed E-state index contributed by atoms with van der Waals surface area (Å²) in [4.78, 5) is 3.92. The second-order valence-corrected chi connectivity index (χ2v) is 5.29. The maximum Gasteiger partial charge on any atom is 0.416 e. The van der Waals surface area contributed by atoms with Crippen molar-refractivity contribution in [3.63, 3.8) is 0 Å². The normalized spacial score (nSPS) is 12.3. The molecule has 1 aromatic carbocycles. The molecule has 2 aromatic rings. The van der Waals surface area contributed by atoms with E-state index in [4.69, 9.17) is 17.3 Å². The maximum atomic E-state index is 13.3. The number of hydrogen-bond acceptors (Lipinski definition) is 2. The van der Waals surface area contributed by atoms with Gasteiger partial charge in [0.05, 0.1) is 22.3 Å². The fraction of sp³-hybridized carbons (Fsp3) is 0.312. The van der Waals surface area contributed by atoms with E-state index in [0.29, 0.717) is 16.8 Å². The van der Waals surface area contributed by atoms with Gasteiger partial charge < -0.3 is 5.73 Å². The van der Waals surface area contributed by atoms with Gasteiger partial charge in [-0.05, 0) is 35.9 Å². The highest BCUT2D eigenvalue weighted by atomic mass is 35.5. The molecule has 0 bridgehead atoms. The van der Waals surface area contributed by atoms with Crippen molar-refractivity contribution in [2.75, 3.05) is 0 Å². The standard InChI is InChI=1S/C13H9ClF4N2.C3H8/c14-9-1-2-11(20-6-9)12(19)7-3-8(13(16,17)18)5-10(15)4-7;1-3-2/h1-6,12H,19H2;3H2,1-2H3/t12-;/m0./s1. The number of aromatic nitrogens is 1. The van der Waals surface area contributed by atoms with Crippen LogP contribution in [0, 0.1) is 5.82 Å². The minimum absolute atomic E-state index is 0.00727. The third kappa shape index (κ3) is 5.80. The van der Waals surface area contributed by atoms with Crippen molar-refractivity contribution in [1.82, 2.24) is 4.98 Å². The van der Waals surface area contributed by atoms with E-state index < -0.39 is 23.6 Å². The fourth-order valence-corrected chi connectivity index (χ4v) is 1.81. The summed E-state index contributed by atoms with van der Waals surface area (Å²) in [6.07, 6.45) is -2.06. The van der Waals surface area contributed by atoms with Gasteiger partial charge in [-0.3, -0.25) is 4.98 Å². The van der Waals surface area contributed by atoms with Gasteiger partial charge in [-0.25, -0.2) is 4.39 Å². The van der Waals surface area contributed by atoms with Crippen LogP contribution in [-0.2, 0) is 6.18 Å². The van der Waals surface area contributed by atoms with E-state index in [2.05, 4.69) is 18.8 Å². The zero-order chi connectivity index (χ0) is 17.6. The van der Waals surface area contributed by atoms with E-state index in [1.54, 1.807) is 0 Å². The molecular weight excluding hydrogens is 332 g/mol. The van der Waals surface area contributed by atoms with E-state index >= 15 is 0 Å². The Morgan fingerprint density at radius 3 is 2.26 bits per heavy atom. The van der Waals surface area contributed by atoms with E-state index in [1.165, 1.54) is 24.8 Å². The van der Waals surface area contributed by atoms with Crippen molar-refractivity contribution in [1.29, 1.82) is 0 Å². The first-order chi connectivity index (χ1) is 10.7. The number of pyridine rings is 1. The van der Waals surface area contributed by atoms with E-state index in [-0.39, 0.29) is 5.56 Å². The van der Waals surface area contributed by atoms with Crippen molar-refractivity contribution in [3.8, 4) is 0 Å². The summed E-state index contributed by atoms with van der Waals surface area (Å²) in [6.45, 7) is 4.25. The van der Waals surface area contributed by atoms with Crippen LogP contribution in [0.5, 0.6) is 0 Å². The first-order valence-corrected chi connectivity index (χ1v) is 7.31. The lowest BCUT2D eigenvalue weighted by molar-refractivity contribution is -0.137. The molecule has 0 spiro atoms. The first kappa shape index (κ1) is 19.4. The van der Waals surface area contributed by atoms with Crippen LogP contribution in [0.25, 0.3) is 0 Å². The van der Waals surface area contributed by atoms with Gasteiger partial charge in [0.2, 0.25) is 0 Å². The lowest BCUT2D eigenvalue weighted by Gasteiger charge is -2.14. The van der Waals surface area contributed by atoms with Crippen molar-refractivity contribution >= 4 is 11.6 Å². The van der Waals surface area contributed by atoms with Gasteiger partial charge in [-0.1, -0.05) is 31.9 Å². The predicted octanol–water partition coefficient (Wildman–Crippen LogP) is 5.36. The molecule has 1 atom stereocenters. The van der Waals surface area contributed by atoms with Crippen molar-refractivity contribution in [3.05, 3.63) is 64.2 Å². The Morgan fingerprint density at radius 2 is 1.78 bits per heavy atom. The van der Waals surface area contributed by atoms with Gasteiger partial charge in [0.25, 0.3) is 0 Å². The van der Waals surface area contributed by atoms with Gasteiger partial charge >= 0.3 is 6.18 Å². The lowest BCUT2D eigenvalue weighted by Crippen LogP contribution is -2.15. The Morgan fingerprint density at radius 1 is 1.17 bits per heavy atom. The number of nitrogens with zero attached hydrogens (tertiary/aromatic N) is 1. The quantitative estimate of drug-likeness (QED) is 0.742. The fourth-order valence-electron chi connectivity index (χ4n) is 1.70.